The van der Waals surface area contributed by atoms with E-state index in [1.54, 1.807) is 18.6 Å². The van der Waals surface area contributed by atoms with Gasteiger partial charge in [0.05, 0.1) is 12.5 Å². The largest absolute Gasteiger partial charge is 0.469 e. The van der Waals surface area contributed by atoms with Crippen molar-refractivity contribution in [1.29, 1.82) is 0 Å². The van der Waals surface area contributed by atoms with Gasteiger partial charge >= 0.3 is 0 Å². The molecule has 0 radical (unpaired) electrons. The maximum atomic E-state index is 5.28. The molecule has 2 heterocycles. The van der Waals surface area contributed by atoms with Gasteiger partial charge in [-0.2, -0.15) is 0 Å². The lowest BCUT2D eigenvalue weighted by molar-refractivity contribution is 0.505. The fraction of sp³-hybridized carbons (Fsp3) is 0.267. The Morgan fingerprint density at radius 3 is 2.55 bits per heavy atom. The molecule has 2 N–H and O–H groups in total. The number of hydrogen-bond acceptors (Lipinski definition) is 3. The van der Waals surface area contributed by atoms with Crippen molar-refractivity contribution in [2.24, 2.45) is 4.99 Å². The number of hydrogen-bond donors (Lipinski definition) is 2. The number of furan rings is 2. The Kier molecular flexibility index (Phi) is 5.52. The predicted octanol–water partition coefficient (Wildman–Crippen LogP) is 2.34. The molecule has 0 aliphatic rings. The molecule has 5 heteroatoms. The van der Waals surface area contributed by atoms with Crippen LogP contribution in [0.2, 0.25) is 0 Å². The molecule has 0 atom stereocenters. The zero-order chi connectivity index (χ0) is 14.0. The van der Waals surface area contributed by atoms with Gasteiger partial charge < -0.3 is 19.5 Å². The van der Waals surface area contributed by atoms with Gasteiger partial charge in [0.1, 0.15) is 18.1 Å². The minimum absolute atomic E-state index is 0.500. The van der Waals surface area contributed by atoms with Crippen molar-refractivity contribution in [1.82, 2.24) is 10.6 Å². The molecule has 0 aliphatic heterocycles. The molecule has 0 saturated carbocycles. The van der Waals surface area contributed by atoms with Crippen LogP contribution in [0.1, 0.15) is 11.5 Å². The van der Waals surface area contributed by atoms with Crippen LogP contribution in [0, 0.1) is 0 Å². The van der Waals surface area contributed by atoms with E-state index in [4.69, 9.17) is 8.83 Å². The third-order valence-electron chi connectivity index (χ3n) is 2.63. The molecule has 0 fully saturated rings. The predicted molar refractivity (Wildman–Crippen MR) is 78.5 cm³/mol. The summed E-state index contributed by atoms with van der Waals surface area (Å²) in [4.78, 5) is 4.44. The average Bonchev–Trinajstić information content (AvgIpc) is 3.14. The highest BCUT2D eigenvalue weighted by atomic mass is 16.3. The molecule has 0 unspecified atom stereocenters. The lowest BCUT2D eigenvalue weighted by Crippen LogP contribution is -2.38. The van der Waals surface area contributed by atoms with E-state index in [0.29, 0.717) is 13.1 Å². The number of nitrogens with one attached hydrogen (secondary N) is 2. The van der Waals surface area contributed by atoms with Gasteiger partial charge in [0.2, 0.25) is 0 Å². The highest BCUT2D eigenvalue weighted by Crippen LogP contribution is 2.01. The molecule has 106 valence electrons. The van der Waals surface area contributed by atoms with Crippen molar-refractivity contribution >= 4 is 5.96 Å². The van der Waals surface area contributed by atoms with Gasteiger partial charge in [0, 0.05) is 19.5 Å². The van der Waals surface area contributed by atoms with E-state index in [-0.39, 0.29) is 0 Å². The molecule has 0 aromatic carbocycles. The van der Waals surface area contributed by atoms with Crippen LogP contribution in [0.4, 0.5) is 0 Å². The molecule has 0 spiro atoms. The summed E-state index contributed by atoms with van der Waals surface area (Å²) < 4.78 is 10.5. The van der Waals surface area contributed by atoms with Crippen molar-refractivity contribution in [3.63, 3.8) is 0 Å². The summed E-state index contributed by atoms with van der Waals surface area (Å²) in [5.41, 5.74) is 0. The summed E-state index contributed by atoms with van der Waals surface area (Å²) >= 11 is 0. The van der Waals surface area contributed by atoms with Gasteiger partial charge in [-0.05, 0) is 24.3 Å². The third-order valence-corrected chi connectivity index (χ3v) is 2.63. The topological polar surface area (TPSA) is 62.7 Å². The SMILES string of the molecule is C=CCNC(=NCc1ccco1)NCCc1ccco1. The fourth-order valence-electron chi connectivity index (χ4n) is 1.66. The molecule has 2 aromatic heterocycles. The van der Waals surface area contributed by atoms with Gasteiger partial charge in [-0.1, -0.05) is 6.08 Å². The van der Waals surface area contributed by atoms with Crippen molar-refractivity contribution in [3.05, 3.63) is 61.0 Å². The number of guanidine groups is 1. The number of nitrogens with zero attached hydrogens (tertiary/aromatic N) is 1. The van der Waals surface area contributed by atoms with Gasteiger partial charge in [0.15, 0.2) is 5.96 Å². The van der Waals surface area contributed by atoms with Crippen LogP contribution in [-0.4, -0.2) is 19.0 Å². The van der Waals surface area contributed by atoms with Crippen LogP contribution >= 0.6 is 0 Å². The minimum Gasteiger partial charge on any atom is -0.469 e. The maximum Gasteiger partial charge on any atom is 0.191 e. The van der Waals surface area contributed by atoms with Crippen LogP contribution < -0.4 is 10.6 Å². The van der Waals surface area contributed by atoms with Crippen molar-refractivity contribution < 1.29 is 8.83 Å². The van der Waals surface area contributed by atoms with E-state index in [9.17, 15) is 0 Å². The van der Waals surface area contributed by atoms with E-state index in [1.165, 1.54) is 0 Å². The molecular weight excluding hydrogens is 254 g/mol. The maximum absolute atomic E-state index is 5.28. The number of aliphatic imine (C=N–C) groups is 1. The fourth-order valence-corrected chi connectivity index (χ4v) is 1.66. The molecule has 0 saturated heterocycles. The molecule has 2 rings (SSSR count). The monoisotopic (exact) mass is 273 g/mol. The molecule has 5 nitrogen and oxygen atoms in total. The highest BCUT2D eigenvalue weighted by molar-refractivity contribution is 5.79. The van der Waals surface area contributed by atoms with E-state index in [0.717, 1.165) is 30.4 Å². The lowest BCUT2D eigenvalue weighted by atomic mass is 10.3. The first-order valence-electron chi connectivity index (χ1n) is 6.56. The van der Waals surface area contributed by atoms with Crippen LogP contribution in [0.5, 0.6) is 0 Å². The van der Waals surface area contributed by atoms with Gasteiger partial charge in [-0.25, -0.2) is 4.99 Å². The van der Waals surface area contributed by atoms with E-state index in [2.05, 4.69) is 22.2 Å². The van der Waals surface area contributed by atoms with Crippen LogP contribution in [0.3, 0.4) is 0 Å². The summed E-state index contributed by atoms with van der Waals surface area (Å²) in [6, 6.07) is 7.60. The molecular formula is C15H19N3O2. The van der Waals surface area contributed by atoms with Gasteiger partial charge in [0.25, 0.3) is 0 Å². The van der Waals surface area contributed by atoms with Gasteiger partial charge in [-0.3, -0.25) is 0 Å². The normalized spacial score (nSPS) is 11.3. The Morgan fingerprint density at radius 1 is 1.15 bits per heavy atom. The molecule has 0 bridgehead atoms. The van der Waals surface area contributed by atoms with Crippen LogP contribution in [-0.2, 0) is 13.0 Å². The Labute approximate surface area is 118 Å². The molecule has 2 aromatic rings. The van der Waals surface area contributed by atoms with Crippen molar-refractivity contribution in [2.75, 3.05) is 13.1 Å². The molecule has 0 aliphatic carbocycles. The van der Waals surface area contributed by atoms with Crippen molar-refractivity contribution in [3.8, 4) is 0 Å². The quantitative estimate of drug-likeness (QED) is 0.462. The van der Waals surface area contributed by atoms with Crippen LogP contribution in [0.25, 0.3) is 0 Å². The molecule has 0 amide bonds. The Bertz CT molecular complexity index is 515. The standard InChI is InChI=1S/C15H19N3O2/c1-2-8-16-15(18-12-14-6-4-11-20-14)17-9-7-13-5-3-10-19-13/h2-6,10-11H,1,7-9,12H2,(H2,16,17,18). The van der Waals surface area contributed by atoms with Crippen molar-refractivity contribution in [2.45, 2.75) is 13.0 Å². The second kappa shape index (κ2) is 7.89. The second-order valence-electron chi connectivity index (χ2n) is 4.17. The first-order valence-corrected chi connectivity index (χ1v) is 6.56. The van der Waals surface area contributed by atoms with E-state index < -0.39 is 0 Å². The van der Waals surface area contributed by atoms with E-state index in [1.807, 2.05) is 24.3 Å². The second-order valence-corrected chi connectivity index (χ2v) is 4.17. The zero-order valence-corrected chi connectivity index (χ0v) is 11.3. The first kappa shape index (κ1) is 14.0. The highest BCUT2D eigenvalue weighted by Gasteiger charge is 2.00. The summed E-state index contributed by atoms with van der Waals surface area (Å²) in [5.74, 6) is 2.51. The summed E-state index contributed by atoms with van der Waals surface area (Å²) in [6.07, 6.45) is 5.92. The van der Waals surface area contributed by atoms with E-state index >= 15 is 0 Å². The lowest BCUT2D eigenvalue weighted by Gasteiger charge is -2.10. The number of rotatable bonds is 7. The molecule has 20 heavy (non-hydrogen) atoms. The van der Waals surface area contributed by atoms with Crippen LogP contribution in [0.15, 0.2) is 63.3 Å². The summed E-state index contributed by atoms with van der Waals surface area (Å²) in [6.45, 7) is 5.59. The Hall–Kier alpha value is -2.43. The smallest absolute Gasteiger partial charge is 0.191 e. The summed E-state index contributed by atoms with van der Waals surface area (Å²) in [5, 5.41) is 6.41. The first-order chi connectivity index (χ1) is 9.88. The zero-order valence-electron chi connectivity index (χ0n) is 11.3. The Balaban J connectivity index is 1.82. The average molecular weight is 273 g/mol. The summed E-state index contributed by atoms with van der Waals surface area (Å²) in [7, 11) is 0. The van der Waals surface area contributed by atoms with Gasteiger partial charge in [-0.15, -0.1) is 6.58 Å². The Morgan fingerprint density at radius 2 is 1.90 bits per heavy atom. The minimum atomic E-state index is 0.500. The third kappa shape index (κ3) is 4.68.